The van der Waals surface area contributed by atoms with Crippen molar-refractivity contribution in [1.29, 1.82) is 0 Å². The fraction of sp³-hybridized carbons (Fsp3) is 0.458. The summed E-state index contributed by atoms with van der Waals surface area (Å²) in [4.78, 5) is 13.1. The highest BCUT2D eigenvalue weighted by molar-refractivity contribution is 7.92. The predicted molar refractivity (Wildman–Crippen MR) is 124 cm³/mol. The SMILES string of the molecule is C[C@@H](NC(=O)[C@H](C)N(c1ccc2c(c1)OCCO2)S(C)(=O)=O)c1ccc2c(c1)CCCC2. The smallest absolute Gasteiger partial charge is 0.244 e. The number of amides is 1. The van der Waals surface area contributed by atoms with Gasteiger partial charge in [0.05, 0.1) is 18.0 Å². The molecule has 2 aromatic carbocycles. The van der Waals surface area contributed by atoms with Crippen LogP contribution in [0.2, 0.25) is 0 Å². The Morgan fingerprint density at radius 2 is 1.66 bits per heavy atom. The summed E-state index contributed by atoms with van der Waals surface area (Å²) in [5.74, 6) is 0.666. The Balaban J connectivity index is 1.54. The minimum Gasteiger partial charge on any atom is -0.486 e. The van der Waals surface area contributed by atoms with Crippen LogP contribution in [-0.2, 0) is 27.7 Å². The number of ether oxygens (including phenoxy) is 2. The third-order valence-electron chi connectivity index (χ3n) is 6.10. The number of anilines is 1. The molecule has 1 heterocycles. The van der Waals surface area contributed by atoms with Crippen molar-refractivity contribution in [2.24, 2.45) is 0 Å². The van der Waals surface area contributed by atoms with Gasteiger partial charge in [0, 0.05) is 6.07 Å². The quantitative estimate of drug-likeness (QED) is 0.718. The highest BCUT2D eigenvalue weighted by atomic mass is 32.2. The molecule has 2 aromatic rings. The van der Waals surface area contributed by atoms with Gasteiger partial charge < -0.3 is 14.8 Å². The first-order valence-corrected chi connectivity index (χ1v) is 12.9. The number of sulfonamides is 1. The number of rotatable bonds is 6. The average Bonchev–Trinajstić information content (AvgIpc) is 2.77. The van der Waals surface area contributed by atoms with E-state index in [4.69, 9.17) is 9.47 Å². The Labute approximate surface area is 189 Å². The zero-order valence-corrected chi connectivity index (χ0v) is 19.6. The van der Waals surface area contributed by atoms with Crippen molar-refractivity contribution in [3.05, 3.63) is 53.1 Å². The van der Waals surface area contributed by atoms with Crippen molar-refractivity contribution < 1.29 is 22.7 Å². The Bertz CT molecular complexity index is 1120. The summed E-state index contributed by atoms with van der Waals surface area (Å²) in [7, 11) is -3.73. The molecular weight excluding hydrogens is 428 g/mol. The van der Waals surface area contributed by atoms with Crippen LogP contribution in [0.5, 0.6) is 11.5 Å². The molecule has 0 bridgehead atoms. The van der Waals surface area contributed by atoms with E-state index in [2.05, 4.69) is 23.5 Å². The van der Waals surface area contributed by atoms with Gasteiger partial charge in [0.1, 0.15) is 19.3 Å². The molecule has 32 heavy (non-hydrogen) atoms. The second-order valence-electron chi connectivity index (χ2n) is 8.53. The average molecular weight is 459 g/mol. The standard InChI is InChI=1S/C24H30N2O5S/c1-16(19-9-8-18-6-4-5-7-20(18)14-19)25-24(27)17(2)26(32(3,28)29)21-10-11-22-23(15-21)31-13-12-30-22/h8-11,14-17H,4-7,12-13H2,1-3H3,(H,25,27)/t16-,17+/m1/s1. The van der Waals surface area contributed by atoms with Gasteiger partial charge in [-0.3, -0.25) is 9.10 Å². The minimum absolute atomic E-state index is 0.237. The number of aryl methyl sites for hydroxylation is 2. The fourth-order valence-corrected chi connectivity index (χ4v) is 5.58. The summed E-state index contributed by atoms with van der Waals surface area (Å²) < 4.78 is 37.5. The molecule has 2 aliphatic rings. The minimum atomic E-state index is -3.73. The van der Waals surface area contributed by atoms with Crippen molar-refractivity contribution in [3.8, 4) is 11.5 Å². The maximum Gasteiger partial charge on any atom is 0.244 e. The van der Waals surface area contributed by atoms with Crippen LogP contribution in [0.25, 0.3) is 0 Å². The van der Waals surface area contributed by atoms with E-state index in [-0.39, 0.29) is 11.9 Å². The molecule has 1 amide bonds. The van der Waals surface area contributed by atoms with E-state index in [0.717, 1.165) is 29.0 Å². The largest absolute Gasteiger partial charge is 0.486 e. The lowest BCUT2D eigenvalue weighted by atomic mass is 9.89. The van der Waals surface area contributed by atoms with Gasteiger partial charge in [-0.05, 0) is 68.4 Å². The summed E-state index contributed by atoms with van der Waals surface area (Å²) in [5.41, 5.74) is 4.11. The van der Waals surface area contributed by atoms with Gasteiger partial charge in [0.2, 0.25) is 15.9 Å². The molecule has 172 valence electrons. The van der Waals surface area contributed by atoms with Gasteiger partial charge in [-0.2, -0.15) is 0 Å². The molecule has 0 spiro atoms. The van der Waals surface area contributed by atoms with Gasteiger partial charge in [-0.1, -0.05) is 18.2 Å². The van der Waals surface area contributed by atoms with Crippen LogP contribution in [0.1, 0.15) is 49.4 Å². The molecule has 8 heteroatoms. The fourth-order valence-electron chi connectivity index (χ4n) is 4.42. The van der Waals surface area contributed by atoms with Crippen molar-refractivity contribution >= 4 is 21.6 Å². The molecule has 1 aliphatic carbocycles. The van der Waals surface area contributed by atoms with Crippen LogP contribution >= 0.6 is 0 Å². The highest BCUT2D eigenvalue weighted by Gasteiger charge is 2.31. The Morgan fingerprint density at radius 3 is 2.38 bits per heavy atom. The number of carbonyl (C=O) groups is 1. The number of nitrogens with one attached hydrogen (secondary N) is 1. The van der Waals surface area contributed by atoms with Gasteiger partial charge in [-0.25, -0.2) is 8.42 Å². The topological polar surface area (TPSA) is 84.9 Å². The van der Waals surface area contributed by atoms with Gasteiger partial charge in [0.15, 0.2) is 11.5 Å². The Morgan fingerprint density at radius 1 is 0.969 bits per heavy atom. The summed E-state index contributed by atoms with van der Waals surface area (Å²) in [6.45, 7) is 4.35. The monoisotopic (exact) mass is 458 g/mol. The van der Waals surface area contributed by atoms with E-state index < -0.39 is 16.1 Å². The molecule has 0 saturated carbocycles. The van der Waals surface area contributed by atoms with E-state index >= 15 is 0 Å². The number of hydrogen-bond acceptors (Lipinski definition) is 5. The van der Waals surface area contributed by atoms with Crippen molar-refractivity contribution in [1.82, 2.24) is 5.32 Å². The second kappa shape index (κ2) is 9.02. The van der Waals surface area contributed by atoms with Crippen LogP contribution in [0.4, 0.5) is 5.69 Å². The molecule has 4 rings (SSSR count). The predicted octanol–water partition coefficient (Wildman–Crippen LogP) is 3.37. The van der Waals surface area contributed by atoms with Crippen LogP contribution in [0, 0.1) is 0 Å². The molecule has 0 fully saturated rings. The van der Waals surface area contributed by atoms with Crippen LogP contribution < -0.4 is 19.1 Å². The molecular formula is C24H30N2O5S. The summed E-state index contributed by atoms with van der Waals surface area (Å²) in [6.07, 6.45) is 5.67. The van der Waals surface area contributed by atoms with E-state index in [9.17, 15) is 13.2 Å². The number of carbonyl (C=O) groups excluding carboxylic acids is 1. The summed E-state index contributed by atoms with van der Waals surface area (Å²) in [5, 5.41) is 2.99. The summed E-state index contributed by atoms with van der Waals surface area (Å²) >= 11 is 0. The summed E-state index contributed by atoms with van der Waals surface area (Å²) in [6, 6.07) is 10.1. The lowest BCUT2D eigenvalue weighted by molar-refractivity contribution is -0.122. The molecule has 0 radical (unpaired) electrons. The van der Waals surface area contributed by atoms with E-state index in [1.54, 1.807) is 25.1 Å². The molecule has 1 aliphatic heterocycles. The zero-order chi connectivity index (χ0) is 22.9. The van der Waals surface area contributed by atoms with Crippen LogP contribution in [0.15, 0.2) is 36.4 Å². The number of nitrogens with zero attached hydrogens (tertiary/aromatic N) is 1. The Kier molecular flexibility index (Phi) is 6.33. The first-order chi connectivity index (χ1) is 15.2. The van der Waals surface area contributed by atoms with Gasteiger partial charge in [-0.15, -0.1) is 0 Å². The molecule has 0 unspecified atom stereocenters. The van der Waals surface area contributed by atoms with E-state index in [1.165, 1.54) is 24.0 Å². The maximum atomic E-state index is 13.1. The molecule has 0 aromatic heterocycles. The lowest BCUT2D eigenvalue weighted by Gasteiger charge is -2.30. The first kappa shape index (κ1) is 22.5. The molecule has 2 atom stereocenters. The molecule has 0 saturated heterocycles. The number of hydrogen-bond donors (Lipinski definition) is 1. The number of benzene rings is 2. The molecule has 1 N–H and O–H groups in total. The van der Waals surface area contributed by atoms with E-state index in [0.29, 0.717) is 30.4 Å². The van der Waals surface area contributed by atoms with Crippen molar-refractivity contribution in [2.75, 3.05) is 23.8 Å². The third kappa shape index (κ3) is 4.70. The highest BCUT2D eigenvalue weighted by Crippen LogP contribution is 2.35. The van der Waals surface area contributed by atoms with Crippen molar-refractivity contribution in [3.63, 3.8) is 0 Å². The normalized spacial score (nSPS) is 17.1. The van der Waals surface area contributed by atoms with Gasteiger partial charge in [0.25, 0.3) is 0 Å². The first-order valence-electron chi connectivity index (χ1n) is 11.0. The molecule has 7 nitrogen and oxygen atoms in total. The maximum absolute atomic E-state index is 13.1. The zero-order valence-electron chi connectivity index (χ0n) is 18.8. The third-order valence-corrected chi connectivity index (χ3v) is 7.34. The van der Waals surface area contributed by atoms with Gasteiger partial charge >= 0.3 is 0 Å². The lowest BCUT2D eigenvalue weighted by Crippen LogP contribution is -2.48. The second-order valence-corrected chi connectivity index (χ2v) is 10.4. The van der Waals surface area contributed by atoms with Crippen LogP contribution in [-0.4, -0.2) is 39.8 Å². The van der Waals surface area contributed by atoms with Crippen molar-refractivity contribution in [2.45, 2.75) is 51.6 Å². The van der Waals surface area contributed by atoms with E-state index in [1.807, 2.05) is 6.92 Å². The number of fused-ring (bicyclic) bond motifs is 2. The Hall–Kier alpha value is -2.74. The van der Waals surface area contributed by atoms with Crippen LogP contribution in [0.3, 0.4) is 0 Å².